The third kappa shape index (κ3) is 31.6. The second-order valence-corrected chi connectivity index (χ2v) is 22.5. The average Bonchev–Trinajstić information content (AvgIpc) is 4.25. The summed E-state index contributed by atoms with van der Waals surface area (Å²) in [7, 11) is 9.93. The van der Waals surface area contributed by atoms with Gasteiger partial charge in [0, 0.05) is 90.9 Å². The topological polar surface area (TPSA) is 285 Å². The number of methoxy groups -OCH3 is 2. The highest BCUT2D eigenvalue weighted by atomic mass is 33.2. The van der Waals surface area contributed by atoms with Crippen LogP contribution in [0.4, 0.5) is 9.59 Å². The van der Waals surface area contributed by atoms with Crippen LogP contribution in [0.2, 0.25) is 0 Å². The Morgan fingerprint density at radius 2 is 0.956 bits per heavy atom. The molecule has 2 saturated heterocycles. The number of primary amides is 2. The van der Waals surface area contributed by atoms with E-state index in [4.69, 9.17) is 30.4 Å². The van der Waals surface area contributed by atoms with Gasteiger partial charge in [-0.05, 0) is 57.8 Å². The molecule has 7 amide bonds. The Hall–Kier alpha value is -3.45. The minimum absolute atomic E-state index is 0.00951. The number of unbranched alkanes of at least 4 members (excludes halogenated alkanes) is 4. The molecular formula is C44H75N7O13S4. The van der Waals surface area contributed by atoms with Crippen LogP contribution < -0.4 is 27.4 Å². The molecule has 7 N–H and O–H groups in total. The Kier molecular flexibility index (Phi) is 33.4. The zero-order valence-electron chi connectivity index (χ0n) is 39.8. The van der Waals surface area contributed by atoms with Gasteiger partial charge in [0.2, 0.25) is 29.5 Å². The molecule has 2 aliphatic rings. The molecule has 0 radical (unpaired) electrons. The molecule has 0 bridgehead atoms. The Labute approximate surface area is 416 Å². The third-order valence-corrected chi connectivity index (χ3v) is 15.4. The molecule has 24 heteroatoms. The van der Waals surface area contributed by atoms with Crippen molar-refractivity contribution in [3.8, 4) is 0 Å². The standard InChI is InChI=1S/C44H75N7O13S4/c1-61-24-26-63-43(59)48-19-10-22-50(23-11-20-49-44(60)64-27-25-62-2)37(55)17-9-16-36(54)47-21-18-38(56)51(30-34(52)14-7-3-5-12-32(41(45)57)28-39-65-66-39)31-35(53)15-8-4-6-13-33(42(46)58)29-40-67-68-40/h32-33,39-40H,3-31H2,1-2H3,(H2,45,57)(H2,46,58)(H,47,54)(H,48,59)(H,49,60)/t32-,33-/m1/s1. The van der Waals surface area contributed by atoms with E-state index in [-0.39, 0.29) is 145 Å². The molecule has 2 rings (SSSR count). The largest absolute Gasteiger partial charge is 0.447 e. The van der Waals surface area contributed by atoms with Crippen LogP contribution in [0.15, 0.2) is 0 Å². The monoisotopic (exact) mass is 1040 g/mol. The van der Waals surface area contributed by atoms with Crippen LogP contribution in [0.3, 0.4) is 0 Å². The van der Waals surface area contributed by atoms with Crippen LogP contribution in [0.5, 0.6) is 0 Å². The molecule has 2 heterocycles. The maximum atomic E-state index is 13.5. The van der Waals surface area contributed by atoms with Gasteiger partial charge in [0.15, 0.2) is 11.6 Å². The number of nitrogens with two attached hydrogens (primary N) is 2. The van der Waals surface area contributed by atoms with Crippen molar-refractivity contribution in [3.63, 3.8) is 0 Å². The van der Waals surface area contributed by atoms with E-state index in [1.165, 1.54) is 19.1 Å². The number of alkyl carbamates (subject to hydrolysis) is 2. The number of ether oxygens (including phenoxy) is 4. The highest BCUT2D eigenvalue weighted by Gasteiger charge is 2.31. The molecule has 2 atom stereocenters. The van der Waals surface area contributed by atoms with Gasteiger partial charge in [0.1, 0.15) is 13.2 Å². The first-order chi connectivity index (χ1) is 32.7. The summed E-state index contributed by atoms with van der Waals surface area (Å²) in [5, 5.41) is 7.96. The lowest BCUT2D eigenvalue weighted by atomic mass is 9.97. The van der Waals surface area contributed by atoms with Gasteiger partial charge in [-0.15, -0.1) is 0 Å². The van der Waals surface area contributed by atoms with Gasteiger partial charge < -0.3 is 56.2 Å². The molecule has 0 saturated carbocycles. The average molecular weight is 1040 g/mol. The van der Waals surface area contributed by atoms with Gasteiger partial charge in [-0.1, -0.05) is 68.9 Å². The van der Waals surface area contributed by atoms with Gasteiger partial charge in [-0.2, -0.15) is 0 Å². The highest BCUT2D eigenvalue weighted by molar-refractivity contribution is 8.93. The lowest BCUT2D eigenvalue weighted by Crippen LogP contribution is -2.41. The summed E-state index contributed by atoms with van der Waals surface area (Å²) in [6.07, 6.45) is 7.09. The summed E-state index contributed by atoms with van der Waals surface area (Å²) in [6.45, 7) is 1.32. The molecular weight excluding hydrogens is 963 g/mol. The lowest BCUT2D eigenvalue weighted by molar-refractivity contribution is -0.138. The van der Waals surface area contributed by atoms with E-state index in [1.54, 1.807) is 48.1 Å². The number of carbonyl (C=O) groups excluding carboxylic acids is 9. The zero-order valence-corrected chi connectivity index (χ0v) is 43.1. The number of hydrogen-bond acceptors (Lipinski definition) is 17. The molecule has 68 heavy (non-hydrogen) atoms. The van der Waals surface area contributed by atoms with Crippen LogP contribution >= 0.6 is 43.2 Å². The maximum Gasteiger partial charge on any atom is 0.407 e. The Bertz CT molecular complexity index is 1490. The Balaban J connectivity index is 1.85. The van der Waals surface area contributed by atoms with E-state index in [9.17, 15) is 43.2 Å². The summed E-state index contributed by atoms with van der Waals surface area (Å²) in [5.74, 6) is -2.41. The first kappa shape index (κ1) is 60.7. The normalized spacial score (nSPS) is 14.0. The molecule has 0 spiro atoms. The number of nitrogens with one attached hydrogen (secondary N) is 3. The van der Waals surface area contributed by atoms with Crippen LogP contribution in [0.1, 0.15) is 116 Å². The molecule has 0 unspecified atom stereocenters. The van der Waals surface area contributed by atoms with Gasteiger partial charge in [0.25, 0.3) is 0 Å². The van der Waals surface area contributed by atoms with E-state index in [1.807, 2.05) is 0 Å². The van der Waals surface area contributed by atoms with E-state index >= 15 is 0 Å². The van der Waals surface area contributed by atoms with Gasteiger partial charge in [-0.3, -0.25) is 33.6 Å². The summed E-state index contributed by atoms with van der Waals surface area (Å²) >= 11 is 0. The number of carbonyl (C=O) groups is 9. The van der Waals surface area contributed by atoms with Crippen LogP contribution in [0.25, 0.3) is 0 Å². The fraction of sp³-hybridized carbons (Fsp3) is 0.795. The third-order valence-electron chi connectivity index (χ3n) is 10.9. The van der Waals surface area contributed by atoms with Crippen molar-refractivity contribution < 1.29 is 62.1 Å². The quantitative estimate of drug-likeness (QED) is 0.0323. The second-order valence-electron chi connectivity index (χ2n) is 16.6. The van der Waals surface area contributed by atoms with Crippen LogP contribution in [-0.4, -0.2) is 159 Å². The van der Waals surface area contributed by atoms with Crippen LogP contribution in [-0.2, 0) is 52.5 Å². The van der Waals surface area contributed by atoms with E-state index in [0.717, 1.165) is 38.5 Å². The number of ketones is 2. The Morgan fingerprint density at radius 1 is 0.500 bits per heavy atom. The fourth-order valence-electron chi connectivity index (χ4n) is 6.98. The summed E-state index contributed by atoms with van der Waals surface area (Å²) in [6, 6.07) is 0. The predicted octanol–water partition coefficient (Wildman–Crippen LogP) is 4.31. The van der Waals surface area contributed by atoms with Crippen molar-refractivity contribution >= 4 is 96.5 Å². The Morgan fingerprint density at radius 3 is 1.38 bits per heavy atom. The lowest BCUT2D eigenvalue weighted by Gasteiger charge is -2.23. The SMILES string of the molecule is COCCOC(=O)NCCCN(CCCNC(=O)OCCOC)C(=O)CCCC(=O)NCCC(=O)N(CC(=O)CCCCC[C@H](CC1SS1)C(N)=O)CC(=O)CCCCC[C@H](CC1SS1)C(N)=O. The van der Waals surface area contributed by atoms with Crippen LogP contribution in [0, 0.1) is 11.8 Å². The molecule has 2 aliphatic heterocycles. The highest BCUT2D eigenvalue weighted by Crippen LogP contribution is 2.57. The minimum Gasteiger partial charge on any atom is -0.447 e. The minimum atomic E-state index is -0.604. The number of rotatable bonds is 43. The molecule has 2 fully saturated rings. The van der Waals surface area contributed by atoms with Crippen molar-refractivity contribution in [2.75, 3.05) is 86.5 Å². The first-order valence-electron chi connectivity index (χ1n) is 23.6. The molecule has 0 aromatic rings. The molecule has 20 nitrogen and oxygen atoms in total. The number of nitrogens with zero attached hydrogens (tertiary/aromatic N) is 2. The second kappa shape index (κ2) is 37.4. The fourth-order valence-corrected chi connectivity index (χ4v) is 9.80. The molecule has 0 aromatic carbocycles. The van der Waals surface area contributed by atoms with Gasteiger partial charge in [0.05, 0.1) is 35.5 Å². The first-order valence-corrected chi connectivity index (χ1v) is 28.1. The van der Waals surface area contributed by atoms with Crippen molar-refractivity contribution in [1.29, 1.82) is 0 Å². The molecule has 0 aliphatic carbocycles. The summed E-state index contributed by atoms with van der Waals surface area (Å²) < 4.78 is 20.5. The smallest absolute Gasteiger partial charge is 0.407 e. The van der Waals surface area contributed by atoms with Crippen molar-refractivity contribution in [2.24, 2.45) is 23.3 Å². The van der Waals surface area contributed by atoms with Gasteiger partial charge in [-0.25, -0.2) is 9.59 Å². The maximum absolute atomic E-state index is 13.5. The molecule has 0 aromatic heterocycles. The number of Topliss-reactive ketones (excluding diaryl/α,β-unsaturated/α-hetero) is 2. The van der Waals surface area contributed by atoms with E-state index in [2.05, 4.69) is 16.0 Å². The zero-order chi connectivity index (χ0) is 49.9. The molecule has 388 valence electrons. The predicted molar refractivity (Wildman–Crippen MR) is 265 cm³/mol. The number of hydrogen-bond donors (Lipinski definition) is 5. The van der Waals surface area contributed by atoms with E-state index < -0.39 is 18.1 Å². The van der Waals surface area contributed by atoms with Crippen molar-refractivity contribution in [2.45, 2.75) is 125 Å². The van der Waals surface area contributed by atoms with Gasteiger partial charge >= 0.3 is 12.2 Å². The number of amides is 7. The summed E-state index contributed by atoms with van der Waals surface area (Å²) in [4.78, 5) is 116. The van der Waals surface area contributed by atoms with Crippen molar-refractivity contribution in [1.82, 2.24) is 25.8 Å². The summed E-state index contributed by atoms with van der Waals surface area (Å²) in [5.41, 5.74) is 11.2. The van der Waals surface area contributed by atoms with Crippen molar-refractivity contribution in [3.05, 3.63) is 0 Å². The van der Waals surface area contributed by atoms with E-state index in [0.29, 0.717) is 60.8 Å².